The van der Waals surface area contributed by atoms with E-state index in [0.29, 0.717) is 6.54 Å². The topological polar surface area (TPSA) is 73.1 Å². The van der Waals surface area contributed by atoms with Gasteiger partial charge in [-0.15, -0.1) is 0 Å². The number of amides is 1. The van der Waals surface area contributed by atoms with Crippen LogP contribution >= 0.6 is 11.8 Å². The fraction of sp³-hybridized carbons (Fsp3) is 0.778. The van der Waals surface area contributed by atoms with Crippen LogP contribution in [0.3, 0.4) is 0 Å². The lowest BCUT2D eigenvalue weighted by molar-refractivity contribution is -0.122. The second kappa shape index (κ2) is 8.85. The Balaban J connectivity index is 3.28. The normalized spacial score (nSPS) is 11.8. The molecule has 1 unspecified atom stereocenters. The molecular formula is C9H16N2O2S. The van der Waals surface area contributed by atoms with Crippen molar-refractivity contribution < 1.29 is 9.90 Å². The molecule has 5 heteroatoms. The second-order valence-corrected chi connectivity index (χ2v) is 4.06. The summed E-state index contributed by atoms with van der Waals surface area (Å²) >= 11 is 1.68. The van der Waals surface area contributed by atoms with Gasteiger partial charge in [0.25, 0.3) is 0 Å². The van der Waals surface area contributed by atoms with E-state index in [1.165, 1.54) is 0 Å². The second-order valence-electron chi connectivity index (χ2n) is 2.83. The molecule has 0 saturated heterocycles. The third-order valence-electron chi connectivity index (χ3n) is 1.58. The number of hydrogen-bond acceptors (Lipinski definition) is 4. The first-order chi connectivity index (χ1) is 6.72. The van der Waals surface area contributed by atoms with E-state index >= 15 is 0 Å². The van der Waals surface area contributed by atoms with Crippen LogP contribution in [0.25, 0.3) is 0 Å². The zero-order chi connectivity index (χ0) is 10.8. The van der Waals surface area contributed by atoms with E-state index in [1.54, 1.807) is 18.7 Å². The lowest BCUT2D eigenvalue weighted by Crippen LogP contribution is -2.30. The average molecular weight is 216 g/mol. The van der Waals surface area contributed by atoms with Crippen LogP contribution in [0.15, 0.2) is 0 Å². The van der Waals surface area contributed by atoms with Crippen molar-refractivity contribution in [1.82, 2.24) is 5.32 Å². The average Bonchev–Trinajstić information content (AvgIpc) is 2.21. The van der Waals surface area contributed by atoms with Crippen molar-refractivity contribution in [2.75, 3.05) is 24.7 Å². The number of aliphatic hydroxyl groups excluding tert-OH is 1. The van der Waals surface area contributed by atoms with Crippen LogP contribution in [0, 0.1) is 17.2 Å². The number of rotatable bonds is 7. The molecule has 0 aromatic rings. The van der Waals surface area contributed by atoms with Gasteiger partial charge in [-0.3, -0.25) is 4.79 Å². The molecule has 14 heavy (non-hydrogen) atoms. The molecular weight excluding hydrogens is 200 g/mol. The summed E-state index contributed by atoms with van der Waals surface area (Å²) in [5.74, 6) is 0.942. The molecule has 0 fully saturated rings. The minimum absolute atomic E-state index is 0.213. The number of nitrogens with one attached hydrogen (secondary N) is 1. The molecule has 0 saturated carbocycles. The van der Waals surface area contributed by atoms with Crippen LogP contribution in [0.4, 0.5) is 0 Å². The van der Waals surface area contributed by atoms with E-state index in [-0.39, 0.29) is 12.5 Å². The molecule has 1 atom stereocenters. The molecule has 80 valence electrons. The van der Waals surface area contributed by atoms with Gasteiger partial charge in [0.05, 0.1) is 6.07 Å². The molecule has 2 N–H and O–H groups in total. The Hall–Kier alpha value is -0.730. The maximum Gasteiger partial charge on any atom is 0.237 e. The zero-order valence-corrected chi connectivity index (χ0v) is 9.14. The van der Waals surface area contributed by atoms with Gasteiger partial charge in [0, 0.05) is 18.9 Å². The van der Waals surface area contributed by atoms with Crippen molar-refractivity contribution in [3.63, 3.8) is 0 Å². The monoisotopic (exact) mass is 216 g/mol. The maximum absolute atomic E-state index is 11.1. The number of nitriles is 1. The third kappa shape index (κ3) is 6.75. The van der Waals surface area contributed by atoms with E-state index in [2.05, 4.69) is 5.32 Å². The molecule has 0 aliphatic carbocycles. The Morgan fingerprint density at radius 2 is 2.36 bits per heavy atom. The number of aliphatic hydroxyl groups is 1. The predicted octanol–water partition coefficient (Wildman–Crippen LogP) is 0.378. The number of nitrogens with zero attached hydrogens (tertiary/aromatic N) is 1. The summed E-state index contributed by atoms with van der Waals surface area (Å²) < 4.78 is 0. The lowest BCUT2D eigenvalue weighted by atomic mass is 10.2. The standard InChI is InChI=1S/C9H16N2O2S/c1-8(7-10)9(13)11-3-6-14-5-2-4-12/h8,12H,2-6H2,1H3,(H,11,13). The van der Waals surface area contributed by atoms with Crippen molar-refractivity contribution >= 4 is 17.7 Å². The van der Waals surface area contributed by atoms with Gasteiger partial charge in [-0.25, -0.2) is 0 Å². The predicted molar refractivity (Wildman–Crippen MR) is 56.8 cm³/mol. The quantitative estimate of drug-likeness (QED) is 0.603. The molecule has 0 aliphatic rings. The summed E-state index contributed by atoms with van der Waals surface area (Å²) in [4.78, 5) is 11.1. The molecule has 0 aliphatic heterocycles. The molecule has 0 aromatic heterocycles. The smallest absolute Gasteiger partial charge is 0.237 e. The molecule has 0 aromatic carbocycles. The highest BCUT2D eigenvalue weighted by atomic mass is 32.2. The molecule has 0 rings (SSSR count). The van der Waals surface area contributed by atoms with E-state index in [1.807, 2.05) is 6.07 Å². The largest absolute Gasteiger partial charge is 0.396 e. The van der Waals surface area contributed by atoms with Crippen LogP contribution in [-0.4, -0.2) is 35.7 Å². The lowest BCUT2D eigenvalue weighted by Gasteiger charge is -2.05. The van der Waals surface area contributed by atoms with Crippen LogP contribution in [-0.2, 0) is 4.79 Å². The van der Waals surface area contributed by atoms with Crippen LogP contribution in [0.1, 0.15) is 13.3 Å². The number of thioether (sulfide) groups is 1. The molecule has 0 bridgehead atoms. The fourth-order valence-electron chi connectivity index (χ4n) is 0.727. The fourth-order valence-corrected chi connectivity index (χ4v) is 1.51. The minimum Gasteiger partial charge on any atom is -0.396 e. The Morgan fingerprint density at radius 1 is 1.64 bits per heavy atom. The highest BCUT2D eigenvalue weighted by Crippen LogP contribution is 2.00. The Bertz CT molecular complexity index is 203. The summed E-state index contributed by atoms with van der Waals surface area (Å²) in [5, 5.41) is 19.6. The Labute approximate surface area is 88.7 Å². The molecule has 1 amide bonds. The van der Waals surface area contributed by atoms with Gasteiger partial charge in [-0.05, 0) is 19.1 Å². The van der Waals surface area contributed by atoms with Crippen molar-refractivity contribution in [3.8, 4) is 6.07 Å². The first-order valence-electron chi connectivity index (χ1n) is 4.58. The Morgan fingerprint density at radius 3 is 2.93 bits per heavy atom. The van der Waals surface area contributed by atoms with Crippen molar-refractivity contribution in [2.45, 2.75) is 13.3 Å². The van der Waals surface area contributed by atoms with Gasteiger partial charge < -0.3 is 10.4 Å². The number of carbonyl (C=O) groups excluding carboxylic acids is 1. The van der Waals surface area contributed by atoms with Gasteiger partial charge in [0.1, 0.15) is 5.92 Å². The van der Waals surface area contributed by atoms with Crippen molar-refractivity contribution in [2.24, 2.45) is 5.92 Å². The first-order valence-corrected chi connectivity index (χ1v) is 5.73. The summed E-state index contributed by atoms with van der Waals surface area (Å²) in [5.41, 5.74) is 0. The van der Waals surface area contributed by atoms with Gasteiger partial charge in [-0.1, -0.05) is 0 Å². The van der Waals surface area contributed by atoms with Crippen LogP contribution in [0.5, 0.6) is 0 Å². The highest BCUT2D eigenvalue weighted by Gasteiger charge is 2.09. The minimum atomic E-state index is -0.572. The highest BCUT2D eigenvalue weighted by molar-refractivity contribution is 7.99. The first kappa shape index (κ1) is 13.3. The van der Waals surface area contributed by atoms with Gasteiger partial charge in [0.15, 0.2) is 0 Å². The molecule has 0 heterocycles. The van der Waals surface area contributed by atoms with Gasteiger partial charge in [0.2, 0.25) is 5.91 Å². The van der Waals surface area contributed by atoms with E-state index < -0.39 is 5.92 Å². The van der Waals surface area contributed by atoms with Crippen molar-refractivity contribution in [3.05, 3.63) is 0 Å². The summed E-state index contributed by atoms with van der Waals surface area (Å²) in [6, 6.07) is 1.87. The van der Waals surface area contributed by atoms with Crippen LogP contribution < -0.4 is 5.32 Å². The zero-order valence-electron chi connectivity index (χ0n) is 8.32. The molecule has 0 spiro atoms. The van der Waals surface area contributed by atoms with Crippen molar-refractivity contribution in [1.29, 1.82) is 5.26 Å². The molecule has 0 radical (unpaired) electrons. The number of carbonyl (C=O) groups is 1. The van der Waals surface area contributed by atoms with E-state index in [4.69, 9.17) is 10.4 Å². The van der Waals surface area contributed by atoms with Crippen LogP contribution in [0.2, 0.25) is 0 Å². The summed E-state index contributed by atoms with van der Waals surface area (Å²) in [7, 11) is 0. The Kier molecular flexibility index (Phi) is 8.39. The summed E-state index contributed by atoms with van der Waals surface area (Å²) in [6.07, 6.45) is 0.785. The maximum atomic E-state index is 11.1. The summed E-state index contributed by atoms with van der Waals surface area (Å²) in [6.45, 7) is 2.38. The van der Waals surface area contributed by atoms with Gasteiger partial charge >= 0.3 is 0 Å². The molecule has 4 nitrogen and oxygen atoms in total. The van der Waals surface area contributed by atoms with Gasteiger partial charge in [-0.2, -0.15) is 17.0 Å². The third-order valence-corrected chi connectivity index (χ3v) is 2.65. The van der Waals surface area contributed by atoms with E-state index in [0.717, 1.165) is 17.9 Å². The SMILES string of the molecule is CC(C#N)C(=O)NCCSCCCO. The number of hydrogen-bond donors (Lipinski definition) is 2. The van der Waals surface area contributed by atoms with E-state index in [9.17, 15) is 4.79 Å².